The summed E-state index contributed by atoms with van der Waals surface area (Å²) in [5.41, 5.74) is 3.41. The maximum absolute atomic E-state index is 9.46. The lowest BCUT2D eigenvalue weighted by atomic mass is 10.1. The minimum atomic E-state index is 0.218. The topological polar surface area (TPSA) is 72.2 Å². The average Bonchev–Trinajstić information content (AvgIpc) is 3.42. The lowest BCUT2D eigenvalue weighted by Crippen LogP contribution is -1.92. The van der Waals surface area contributed by atoms with E-state index in [1.165, 1.54) is 0 Å². The smallest absolute Gasteiger partial charge is 0.226 e. The molecule has 0 N–H and O–H groups in total. The summed E-state index contributed by atoms with van der Waals surface area (Å²) in [5.74, 6) is 3.01. The van der Waals surface area contributed by atoms with Gasteiger partial charge in [-0.05, 0) is 61.0 Å². The molecule has 0 fully saturated rings. The predicted molar refractivity (Wildman–Crippen MR) is 126 cm³/mol. The number of aromatic nitrogens is 1. The first-order chi connectivity index (χ1) is 16.2. The Morgan fingerprint density at radius 3 is 2.48 bits per heavy atom. The van der Waals surface area contributed by atoms with Gasteiger partial charge in [-0.25, -0.2) is 4.98 Å². The van der Waals surface area contributed by atoms with Crippen molar-refractivity contribution < 1.29 is 13.6 Å². The number of nitrogens with zero attached hydrogens (tertiary/aromatic N) is 2. The number of fused-ring (bicyclic) bond motifs is 1. The molecule has 5 aromatic rings. The van der Waals surface area contributed by atoms with Gasteiger partial charge in [0.15, 0.2) is 0 Å². The summed E-state index contributed by atoms with van der Waals surface area (Å²) in [6, 6.07) is 28.9. The van der Waals surface area contributed by atoms with E-state index in [0.29, 0.717) is 18.1 Å². The van der Waals surface area contributed by atoms with Gasteiger partial charge in [0.1, 0.15) is 28.9 Å². The van der Waals surface area contributed by atoms with Crippen LogP contribution in [-0.2, 0) is 6.42 Å². The fourth-order valence-electron chi connectivity index (χ4n) is 3.61. The van der Waals surface area contributed by atoms with E-state index in [1.54, 1.807) is 6.08 Å². The van der Waals surface area contributed by atoms with Crippen LogP contribution in [-0.4, -0.2) is 4.98 Å². The first kappa shape index (κ1) is 20.3. The highest BCUT2D eigenvalue weighted by Crippen LogP contribution is 2.27. The van der Waals surface area contributed by atoms with Crippen molar-refractivity contribution in [3.05, 3.63) is 113 Å². The molecule has 0 spiro atoms. The number of hydrogen-bond donors (Lipinski definition) is 0. The Morgan fingerprint density at radius 1 is 0.970 bits per heavy atom. The lowest BCUT2D eigenvalue weighted by Gasteiger charge is -2.03. The van der Waals surface area contributed by atoms with Crippen LogP contribution in [0.4, 0.5) is 0 Å². The largest absolute Gasteiger partial charge is 0.461 e. The van der Waals surface area contributed by atoms with Crippen LogP contribution >= 0.6 is 0 Å². The molecule has 5 heteroatoms. The number of oxazole rings is 1. The zero-order chi connectivity index (χ0) is 22.6. The molecule has 0 atom stereocenters. The van der Waals surface area contributed by atoms with Gasteiger partial charge < -0.3 is 13.6 Å². The minimum absolute atomic E-state index is 0.218. The highest BCUT2D eigenvalue weighted by molar-refractivity contribution is 5.81. The van der Waals surface area contributed by atoms with Crippen LogP contribution in [0.25, 0.3) is 28.5 Å². The van der Waals surface area contributed by atoms with Crippen molar-refractivity contribution >= 4 is 17.0 Å². The van der Waals surface area contributed by atoms with Crippen LogP contribution in [0.15, 0.2) is 99.5 Å². The number of rotatable bonds is 6. The molecule has 3 aromatic carbocycles. The van der Waals surface area contributed by atoms with E-state index in [0.717, 1.165) is 39.3 Å². The molecule has 2 aromatic heterocycles. The summed E-state index contributed by atoms with van der Waals surface area (Å²) < 4.78 is 17.6. The van der Waals surface area contributed by atoms with Crippen LogP contribution in [0.2, 0.25) is 0 Å². The van der Waals surface area contributed by atoms with E-state index >= 15 is 0 Å². The van der Waals surface area contributed by atoms with E-state index in [9.17, 15) is 5.26 Å². The van der Waals surface area contributed by atoms with Crippen LogP contribution in [0.3, 0.4) is 0 Å². The Balaban J connectivity index is 1.38. The summed E-state index contributed by atoms with van der Waals surface area (Å²) in [6.45, 7) is 1.91. The first-order valence-electron chi connectivity index (χ1n) is 10.6. The Morgan fingerprint density at radius 2 is 1.73 bits per heavy atom. The van der Waals surface area contributed by atoms with Crippen molar-refractivity contribution in [2.75, 3.05) is 0 Å². The molecule has 0 aliphatic rings. The van der Waals surface area contributed by atoms with Crippen molar-refractivity contribution in [2.24, 2.45) is 0 Å². The van der Waals surface area contributed by atoms with Crippen molar-refractivity contribution in [1.82, 2.24) is 4.98 Å². The number of furan rings is 1. The predicted octanol–water partition coefficient (Wildman–Crippen LogP) is 6.93. The molecule has 0 unspecified atom stereocenters. The van der Waals surface area contributed by atoms with Crippen LogP contribution in [0.5, 0.6) is 5.75 Å². The second-order valence-electron chi connectivity index (χ2n) is 7.61. The SMILES string of the molecule is Cc1oc(-c2ccccc2)nc1Cc1cc2cc(C=C(C#N)Oc3ccccc3)ccc2o1. The van der Waals surface area contributed by atoms with Gasteiger partial charge in [0.05, 0.1) is 12.1 Å². The number of benzene rings is 3. The Hall–Kier alpha value is -4.56. The maximum atomic E-state index is 9.46. The standard InChI is InChI=1S/C28H20N2O3/c1-19-26(30-28(31-19)21-8-4-2-5-9-21)17-24-16-22-14-20(12-13-27(22)33-24)15-25(18-29)32-23-10-6-3-7-11-23/h2-16H,17H2,1H3. The Bertz CT molecular complexity index is 1470. The summed E-state index contributed by atoms with van der Waals surface area (Å²) in [5, 5.41) is 10.4. The molecule has 33 heavy (non-hydrogen) atoms. The van der Waals surface area contributed by atoms with Gasteiger partial charge >= 0.3 is 0 Å². The van der Waals surface area contributed by atoms with Crippen molar-refractivity contribution in [3.8, 4) is 23.3 Å². The summed E-state index contributed by atoms with van der Waals surface area (Å²) >= 11 is 0. The van der Waals surface area contributed by atoms with Crippen LogP contribution < -0.4 is 4.74 Å². The van der Waals surface area contributed by atoms with E-state index in [-0.39, 0.29) is 5.76 Å². The molecule has 0 radical (unpaired) electrons. The van der Waals surface area contributed by atoms with Crippen molar-refractivity contribution in [2.45, 2.75) is 13.3 Å². The molecular weight excluding hydrogens is 412 g/mol. The molecule has 0 bridgehead atoms. The number of ether oxygens (including phenoxy) is 1. The normalized spacial score (nSPS) is 11.5. The third-order valence-corrected chi connectivity index (χ3v) is 5.23. The van der Waals surface area contributed by atoms with E-state index in [1.807, 2.05) is 91.9 Å². The van der Waals surface area contributed by atoms with E-state index in [2.05, 4.69) is 11.1 Å². The highest BCUT2D eigenvalue weighted by atomic mass is 16.5. The van der Waals surface area contributed by atoms with Gasteiger partial charge in [-0.1, -0.05) is 42.5 Å². The van der Waals surface area contributed by atoms with Gasteiger partial charge in [-0.3, -0.25) is 0 Å². The number of hydrogen-bond acceptors (Lipinski definition) is 5. The summed E-state index contributed by atoms with van der Waals surface area (Å²) in [4.78, 5) is 4.66. The monoisotopic (exact) mass is 432 g/mol. The van der Waals surface area contributed by atoms with Gasteiger partial charge in [-0.15, -0.1) is 0 Å². The zero-order valence-corrected chi connectivity index (χ0v) is 18.0. The fraction of sp³-hybridized carbons (Fsp3) is 0.0714. The zero-order valence-electron chi connectivity index (χ0n) is 18.0. The molecule has 160 valence electrons. The molecule has 0 saturated heterocycles. The third kappa shape index (κ3) is 4.56. The van der Waals surface area contributed by atoms with Gasteiger partial charge in [0.2, 0.25) is 11.6 Å². The lowest BCUT2D eigenvalue weighted by molar-refractivity contribution is 0.453. The van der Waals surface area contributed by atoms with Crippen LogP contribution in [0.1, 0.15) is 22.8 Å². The Labute approximate surface area is 191 Å². The summed E-state index contributed by atoms with van der Waals surface area (Å²) in [6.07, 6.45) is 2.25. The summed E-state index contributed by atoms with van der Waals surface area (Å²) in [7, 11) is 0. The van der Waals surface area contributed by atoms with Gasteiger partial charge in [0.25, 0.3) is 0 Å². The number of nitriles is 1. The van der Waals surface area contributed by atoms with Crippen molar-refractivity contribution in [3.63, 3.8) is 0 Å². The van der Waals surface area contributed by atoms with E-state index in [4.69, 9.17) is 13.6 Å². The number of aryl methyl sites for hydroxylation is 1. The first-order valence-corrected chi connectivity index (χ1v) is 10.6. The molecule has 5 nitrogen and oxygen atoms in total. The van der Waals surface area contributed by atoms with E-state index < -0.39 is 0 Å². The molecular formula is C28H20N2O3. The maximum Gasteiger partial charge on any atom is 0.226 e. The van der Waals surface area contributed by atoms with Crippen molar-refractivity contribution in [1.29, 1.82) is 5.26 Å². The molecule has 0 amide bonds. The molecule has 0 aliphatic heterocycles. The fourth-order valence-corrected chi connectivity index (χ4v) is 3.61. The minimum Gasteiger partial charge on any atom is -0.461 e. The third-order valence-electron chi connectivity index (χ3n) is 5.23. The second kappa shape index (κ2) is 8.89. The van der Waals surface area contributed by atoms with Crippen LogP contribution in [0, 0.1) is 18.3 Å². The molecule has 5 rings (SSSR count). The number of para-hydroxylation sites is 1. The second-order valence-corrected chi connectivity index (χ2v) is 7.61. The Kier molecular flexibility index (Phi) is 5.48. The quantitative estimate of drug-likeness (QED) is 0.215. The number of allylic oxidation sites excluding steroid dienone is 1. The highest BCUT2D eigenvalue weighted by Gasteiger charge is 2.14. The van der Waals surface area contributed by atoms with Gasteiger partial charge in [0, 0.05) is 10.9 Å². The molecule has 0 aliphatic carbocycles. The van der Waals surface area contributed by atoms with Gasteiger partial charge in [-0.2, -0.15) is 5.26 Å². The molecule has 0 saturated carbocycles. The average molecular weight is 432 g/mol. The molecule has 2 heterocycles.